The third kappa shape index (κ3) is 8.11. The summed E-state index contributed by atoms with van der Waals surface area (Å²) in [6.45, 7) is 6.53. The van der Waals surface area contributed by atoms with Crippen molar-refractivity contribution in [1.82, 2.24) is 0 Å². The first-order chi connectivity index (χ1) is 17.4. The number of nitrogens with one attached hydrogen (secondary N) is 1. The summed E-state index contributed by atoms with van der Waals surface area (Å²) in [6, 6.07) is 7.70. The summed E-state index contributed by atoms with van der Waals surface area (Å²) in [4.78, 5) is 0. The molecular formula is C29H34F6N2OY. The third-order valence-electron chi connectivity index (χ3n) is 7.40. The Labute approximate surface area is 251 Å². The van der Waals surface area contributed by atoms with Crippen molar-refractivity contribution >= 4 is 11.3 Å². The standard InChI is InChI=1S/C28H31F6N2O.CH3.Y/c1-3-19-5-4-11-36(17-19,12-9-21-8-10-35-26-7-6-24(37-2)16-25(21)26)18-20-13-22(27(29,30)31)15-23(14-20)28(32,33)34;;/h3,6-8,13-16,19,35H,1,4-5,9-12,17-18H2,2H3;1H3;/q+1;-1;. The van der Waals surface area contributed by atoms with Crippen molar-refractivity contribution in [2.45, 2.75) is 38.2 Å². The molecular weight excluding hydrogens is 595 g/mol. The van der Waals surface area contributed by atoms with Gasteiger partial charge in [-0.3, -0.25) is 0 Å². The molecule has 211 valence electrons. The van der Waals surface area contributed by atoms with Crippen LogP contribution in [0.15, 0.2) is 55.1 Å². The number of fused-ring (bicyclic) bond motifs is 1. The number of benzene rings is 2. The first-order valence-electron chi connectivity index (χ1n) is 12.3. The number of rotatable bonds is 7. The van der Waals surface area contributed by atoms with Gasteiger partial charge in [-0.25, -0.2) is 0 Å². The minimum atomic E-state index is -4.87. The number of piperidine rings is 1. The van der Waals surface area contributed by atoms with Crippen molar-refractivity contribution in [3.8, 4) is 5.75 Å². The summed E-state index contributed by atoms with van der Waals surface area (Å²) in [5.74, 6) is 0.863. The zero-order chi connectivity index (χ0) is 26.8. The van der Waals surface area contributed by atoms with Crippen LogP contribution in [0.4, 0.5) is 32.0 Å². The van der Waals surface area contributed by atoms with Crippen LogP contribution >= 0.6 is 0 Å². The molecule has 2 aromatic carbocycles. The number of alkyl halides is 6. The van der Waals surface area contributed by atoms with Gasteiger partial charge in [-0.05, 0) is 54.8 Å². The number of hydrogen-bond donors (Lipinski definition) is 1. The molecule has 0 bridgehead atoms. The number of quaternary nitrogens is 1. The minimum absolute atomic E-state index is 0. The van der Waals surface area contributed by atoms with Gasteiger partial charge in [0, 0.05) is 68.4 Å². The molecule has 10 heteroatoms. The van der Waals surface area contributed by atoms with Crippen molar-refractivity contribution in [3.05, 3.63) is 84.8 Å². The first kappa shape index (κ1) is 33.4. The van der Waals surface area contributed by atoms with E-state index in [4.69, 9.17) is 4.74 Å². The Hall–Kier alpha value is -1.84. The average molecular weight is 629 g/mol. The van der Waals surface area contributed by atoms with Crippen molar-refractivity contribution in [2.75, 3.05) is 38.6 Å². The number of anilines is 1. The average Bonchev–Trinajstić information content (AvgIpc) is 2.86. The fourth-order valence-electron chi connectivity index (χ4n) is 5.54. The molecule has 2 atom stereocenters. The summed E-state index contributed by atoms with van der Waals surface area (Å²) >= 11 is 0. The van der Waals surface area contributed by atoms with E-state index in [0.717, 1.165) is 41.8 Å². The van der Waals surface area contributed by atoms with Crippen LogP contribution < -0.4 is 10.1 Å². The number of halogens is 6. The van der Waals surface area contributed by atoms with E-state index in [2.05, 4.69) is 18.0 Å². The maximum atomic E-state index is 13.5. The molecule has 1 fully saturated rings. The van der Waals surface area contributed by atoms with E-state index in [1.807, 2.05) is 24.3 Å². The van der Waals surface area contributed by atoms with E-state index in [1.165, 1.54) is 0 Å². The Morgan fingerprint density at radius 1 is 1.05 bits per heavy atom. The molecule has 1 radical (unpaired) electrons. The van der Waals surface area contributed by atoms with Gasteiger partial charge < -0.3 is 22.0 Å². The van der Waals surface area contributed by atoms with Gasteiger partial charge in [0.2, 0.25) is 0 Å². The SMILES string of the molecule is C=CC1CCC[N+](CCC2=CCNc3ccc(OC)cc32)(Cc2cc(C(F)(F)F)cc(C(F)(F)F)c2)C1.[CH3-].[Y]. The van der Waals surface area contributed by atoms with Crippen LogP contribution in [-0.2, 0) is 51.6 Å². The van der Waals surface area contributed by atoms with E-state index in [1.54, 1.807) is 7.11 Å². The summed E-state index contributed by atoms with van der Waals surface area (Å²) in [7, 11) is 1.59. The molecule has 1 N–H and O–H groups in total. The quantitative estimate of drug-likeness (QED) is 0.145. The number of methoxy groups -OCH3 is 1. The molecule has 0 saturated carbocycles. The Kier molecular flexibility index (Phi) is 11.3. The van der Waals surface area contributed by atoms with Crippen LogP contribution in [0.5, 0.6) is 5.75 Å². The number of hydrogen-bond acceptors (Lipinski definition) is 2. The predicted molar refractivity (Wildman–Crippen MR) is 138 cm³/mol. The summed E-state index contributed by atoms with van der Waals surface area (Å²) < 4.78 is 86.8. The van der Waals surface area contributed by atoms with E-state index >= 15 is 0 Å². The molecule has 2 aliphatic heterocycles. The number of likely N-dealkylation sites (tertiary alicyclic amines) is 1. The Balaban J connectivity index is 0.00000267. The predicted octanol–water partition coefficient (Wildman–Crippen LogP) is 7.99. The molecule has 4 rings (SSSR count). The van der Waals surface area contributed by atoms with Gasteiger partial charge in [0.1, 0.15) is 12.3 Å². The van der Waals surface area contributed by atoms with Crippen LogP contribution in [0.3, 0.4) is 0 Å². The van der Waals surface area contributed by atoms with Crippen LogP contribution in [0.25, 0.3) is 5.57 Å². The van der Waals surface area contributed by atoms with Gasteiger partial charge in [0.25, 0.3) is 0 Å². The fourth-order valence-corrected chi connectivity index (χ4v) is 5.54. The van der Waals surface area contributed by atoms with Crippen molar-refractivity contribution < 1.29 is 68.3 Å². The van der Waals surface area contributed by atoms with Gasteiger partial charge in [-0.2, -0.15) is 26.3 Å². The van der Waals surface area contributed by atoms with Crippen molar-refractivity contribution in [2.24, 2.45) is 5.92 Å². The second kappa shape index (κ2) is 13.2. The molecule has 0 aliphatic carbocycles. The van der Waals surface area contributed by atoms with Gasteiger partial charge in [-0.1, -0.05) is 12.2 Å². The van der Waals surface area contributed by atoms with Gasteiger partial charge >= 0.3 is 12.4 Å². The first-order valence-corrected chi connectivity index (χ1v) is 12.3. The van der Waals surface area contributed by atoms with Gasteiger partial charge in [0.15, 0.2) is 0 Å². The van der Waals surface area contributed by atoms with Crippen LogP contribution in [0, 0.1) is 13.3 Å². The largest absolute Gasteiger partial charge is 0.497 e. The topological polar surface area (TPSA) is 21.3 Å². The number of ether oxygens (including phenoxy) is 1. The smallest absolute Gasteiger partial charge is 0.416 e. The Morgan fingerprint density at radius 3 is 2.31 bits per heavy atom. The fraction of sp³-hybridized carbons (Fsp3) is 0.414. The Morgan fingerprint density at radius 2 is 1.72 bits per heavy atom. The number of nitrogens with zero attached hydrogens (tertiary/aromatic N) is 1. The molecule has 39 heavy (non-hydrogen) atoms. The van der Waals surface area contributed by atoms with E-state index < -0.39 is 23.5 Å². The molecule has 0 amide bonds. The zero-order valence-corrected chi connectivity index (χ0v) is 25.1. The van der Waals surface area contributed by atoms with Crippen LogP contribution in [0.2, 0.25) is 0 Å². The third-order valence-corrected chi connectivity index (χ3v) is 7.40. The molecule has 0 aromatic heterocycles. The summed E-state index contributed by atoms with van der Waals surface area (Å²) in [6.07, 6.45) is -3.43. The maximum absolute atomic E-state index is 13.5. The molecule has 2 heterocycles. The monoisotopic (exact) mass is 629 g/mol. The van der Waals surface area contributed by atoms with Crippen LogP contribution in [0.1, 0.15) is 41.5 Å². The van der Waals surface area contributed by atoms with Crippen molar-refractivity contribution in [3.63, 3.8) is 0 Å². The van der Waals surface area contributed by atoms with Crippen molar-refractivity contribution in [1.29, 1.82) is 0 Å². The molecule has 2 aromatic rings. The Bertz CT molecular complexity index is 1150. The minimum Gasteiger partial charge on any atom is -0.497 e. The molecule has 2 unspecified atom stereocenters. The van der Waals surface area contributed by atoms with Gasteiger partial charge in [-0.15, -0.1) is 6.58 Å². The van der Waals surface area contributed by atoms with Gasteiger partial charge in [0.05, 0.1) is 37.9 Å². The second-order valence-corrected chi connectivity index (χ2v) is 9.95. The normalized spacial score (nSPS) is 20.9. The van der Waals surface area contributed by atoms with E-state index in [-0.39, 0.29) is 64.2 Å². The molecule has 2 aliphatic rings. The molecule has 1 saturated heterocycles. The van der Waals surface area contributed by atoms with E-state index in [9.17, 15) is 26.3 Å². The summed E-state index contributed by atoms with van der Waals surface area (Å²) in [5.41, 5.74) is 0.573. The second-order valence-electron chi connectivity index (χ2n) is 9.95. The summed E-state index contributed by atoms with van der Waals surface area (Å²) in [5, 5.41) is 3.32. The van der Waals surface area contributed by atoms with Crippen LogP contribution in [-0.4, -0.2) is 37.8 Å². The molecule has 3 nitrogen and oxygen atoms in total. The van der Waals surface area contributed by atoms with E-state index in [0.29, 0.717) is 42.8 Å². The zero-order valence-electron chi connectivity index (χ0n) is 22.3. The maximum Gasteiger partial charge on any atom is 0.416 e. The molecule has 0 spiro atoms.